The second-order valence-corrected chi connectivity index (χ2v) is 18.1. The van der Waals surface area contributed by atoms with E-state index in [2.05, 4.69) is 58.1 Å². The van der Waals surface area contributed by atoms with E-state index in [1.54, 1.807) is 11.8 Å². The molecule has 0 aromatic heterocycles. The number of benzene rings is 1. The van der Waals surface area contributed by atoms with Gasteiger partial charge in [-0.05, 0) is 58.0 Å². The molecule has 0 N–H and O–H groups in total. The molecule has 1 aromatic carbocycles. The Morgan fingerprint density at radius 3 is 2.18 bits per heavy atom. The Labute approximate surface area is 210 Å². The van der Waals surface area contributed by atoms with Gasteiger partial charge in [0.15, 0.2) is 19.9 Å². The Kier molecular flexibility index (Phi) is 7.39. The largest absolute Gasteiger partial charge is 0.414 e. The first-order chi connectivity index (χ1) is 15.7. The summed E-state index contributed by atoms with van der Waals surface area (Å²) in [6.45, 7) is 19.6. The fourth-order valence-electron chi connectivity index (χ4n) is 4.59. The standard InChI is InChI=1S/C26H42O6SSi/c1-24(2,3)34(8,9)27-16-19-22(32-26(6,7)30-19)23-21-18(29-25(4,5)31-21)15-20(28-23)33-17-13-11-10-12-14-17/h10-14,18-23H,15-16H2,1-9H3/t18-,19-,20?,21-,22+,23-/m1/s1. The molecule has 192 valence electrons. The topological polar surface area (TPSA) is 55.4 Å². The van der Waals surface area contributed by atoms with E-state index in [9.17, 15) is 0 Å². The van der Waals surface area contributed by atoms with Crippen molar-refractivity contribution in [2.24, 2.45) is 0 Å². The van der Waals surface area contributed by atoms with Crippen LogP contribution in [0.1, 0.15) is 54.9 Å². The summed E-state index contributed by atoms with van der Waals surface area (Å²) in [6, 6.07) is 10.3. The summed E-state index contributed by atoms with van der Waals surface area (Å²) in [5.74, 6) is -1.38. The van der Waals surface area contributed by atoms with E-state index in [1.165, 1.54) is 4.90 Å². The normalized spacial score (nSPS) is 35.3. The van der Waals surface area contributed by atoms with E-state index in [0.717, 1.165) is 6.42 Å². The van der Waals surface area contributed by atoms with Gasteiger partial charge in [-0.15, -0.1) is 0 Å². The number of ether oxygens (including phenoxy) is 5. The van der Waals surface area contributed by atoms with Gasteiger partial charge in [0.05, 0.1) is 12.7 Å². The van der Waals surface area contributed by atoms with Gasteiger partial charge in [-0.3, -0.25) is 0 Å². The number of thioether (sulfide) groups is 1. The minimum absolute atomic E-state index is 0.0655. The summed E-state index contributed by atoms with van der Waals surface area (Å²) in [7, 11) is -1.95. The van der Waals surface area contributed by atoms with E-state index in [0.29, 0.717) is 6.61 Å². The third kappa shape index (κ3) is 5.91. The van der Waals surface area contributed by atoms with Crippen LogP contribution in [0.25, 0.3) is 0 Å². The van der Waals surface area contributed by atoms with Gasteiger partial charge in [0.25, 0.3) is 0 Å². The van der Waals surface area contributed by atoms with E-state index >= 15 is 0 Å². The van der Waals surface area contributed by atoms with Crippen LogP contribution in [0.3, 0.4) is 0 Å². The van der Waals surface area contributed by atoms with Gasteiger partial charge < -0.3 is 28.1 Å². The van der Waals surface area contributed by atoms with Gasteiger partial charge in [0.2, 0.25) is 0 Å². The Balaban J connectivity index is 1.56. The molecule has 0 bridgehead atoms. The predicted molar refractivity (Wildman–Crippen MR) is 136 cm³/mol. The van der Waals surface area contributed by atoms with Crippen LogP contribution in [-0.4, -0.2) is 62.5 Å². The van der Waals surface area contributed by atoms with Crippen molar-refractivity contribution in [3.05, 3.63) is 30.3 Å². The third-order valence-electron chi connectivity index (χ3n) is 7.25. The molecule has 1 aromatic rings. The van der Waals surface area contributed by atoms with Crippen LogP contribution in [0.15, 0.2) is 35.2 Å². The van der Waals surface area contributed by atoms with E-state index in [1.807, 2.05) is 33.8 Å². The van der Waals surface area contributed by atoms with Crippen LogP contribution in [0.4, 0.5) is 0 Å². The molecule has 34 heavy (non-hydrogen) atoms. The van der Waals surface area contributed by atoms with Crippen molar-refractivity contribution in [2.75, 3.05) is 6.61 Å². The highest BCUT2D eigenvalue weighted by Gasteiger charge is 2.57. The van der Waals surface area contributed by atoms with Crippen LogP contribution in [0.2, 0.25) is 18.1 Å². The average Bonchev–Trinajstić information content (AvgIpc) is 3.19. The summed E-state index contributed by atoms with van der Waals surface area (Å²) >= 11 is 1.72. The molecule has 3 aliphatic rings. The van der Waals surface area contributed by atoms with Crippen LogP contribution >= 0.6 is 11.8 Å². The first-order valence-corrected chi connectivity index (χ1v) is 16.2. The molecule has 0 aliphatic carbocycles. The summed E-state index contributed by atoms with van der Waals surface area (Å²) in [5.41, 5.74) is -0.0691. The molecule has 8 heteroatoms. The van der Waals surface area contributed by atoms with Crippen LogP contribution in [0, 0.1) is 0 Å². The van der Waals surface area contributed by atoms with E-state index in [4.69, 9.17) is 28.1 Å². The lowest BCUT2D eigenvalue weighted by Crippen LogP contribution is -2.55. The summed E-state index contributed by atoms with van der Waals surface area (Å²) in [5, 5.41) is 0.119. The smallest absolute Gasteiger partial charge is 0.192 e. The summed E-state index contributed by atoms with van der Waals surface area (Å²) in [6.07, 6.45) is -0.417. The number of fused-ring (bicyclic) bond motifs is 1. The van der Waals surface area contributed by atoms with Gasteiger partial charge >= 0.3 is 0 Å². The molecular formula is C26H42O6SSi. The number of hydrogen-bond acceptors (Lipinski definition) is 7. The lowest BCUT2D eigenvalue weighted by molar-refractivity contribution is -0.194. The van der Waals surface area contributed by atoms with Crippen molar-refractivity contribution in [1.29, 1.82) is 0 Å². The highest BCUT2D eigenvalue weighted by molar-refractivity contribution is 7.99. The highest BCUT2D eigenvalue weighted by Crippen LogP contribution is 2.45. The fourth-order valence-corrected chi connectivity index (χ4v) is 6.69. The quantitative estimate of drug-likeness (QED) is 0.438. The molecule has 1 unspecified atom stereocenters. The SMILES string of the molecule is CC1(C)O[C@H]([C@@H]2OC(Sc3ccccc3)C[C@H]3OC(C)(C)O[C@@H]23)[C@@H](CO[Si](C)(C)C(C)(C)C)O1. The number of rotatable bonds is 6. The molecule has 3 heterocycles. The molecule has 3 saturated heterocycles. The zero-order valence-corrected chi connectivity index (χ0v) is 23.9. The number of hydrogen-bond donors (Lipinski definition) is 0. The Morgan fingerprint density at radius 2 is 1.53 bits per heavy atom. The van der Waals surface area contributed by atoms with Crippen molar-refractivity contribution >= 4 is 20.1 Å². The molecule has 3 fully saturated rings. The van der Waals surface area contributed by atoms with Crippen molar-refractivity contribution in [1.82, 2.24) is 0 Å². The van der Waals surface area contributed by atoms with Gasteiger partial charge in [-0.1, -0.05) is 50.7 Å². The van der Waals surface area contributed by atoms with Crippen LogP contribution in [-0.2, 0) is 28.1 Å². The fraction of sp³-hybridized carbons (Fsp3) is 0.769. The molecule has 0 spiro atoms. The monoisotopic (exact) mass is 510 g/mol. The minimum Gasteiger partial charge on any atom is -0.414 e. The average molecular weight is 511 g/mol. The lowest BCUT2D eigenvalue weighted by Gasteiger charge is -2.41. The molecule has 0 saturated carbocycles. The molecule has 0 amide bonds. The van der Waals surface area contributed by atoms with Crippen molar-refractivity contribution in [3.8, 4) is 0 Å². The molecule has 3 aliphatic heterocycles. The maximum atomic E-state index is 6.71. The highest BCUT2D eigenvalue weighted by atomic mass is 32.2. The molecule has 6 nitrogen and oxygen atoms in total. The predicted octanol–water partition coefficient (Wildman–Crippen LogP) is 5.96. The molecule has 0 radical (unpaired) electrons. The zero-order valence-electron chi connectivity index (χ0n) is 22.1. The Morgan fingerprint density at radius 1 is 0.912 bits per heavy atom. The van der Waals surface area contributed by atoms with Crippen molar-refractivity contribution < 1.29 is 28.1 Å². The molecule has 4 rings (SSSR count). The van der Waals surface area contributed by atoms with Crippen LogP contribution < -0.4 is 0 Å². The third-order valence-corrected chi connectivity index (χ3v) is 12.9. The molecular weight excluding hydrogens is 468 g/mol. The molecule has 6 atom stereocenters. The van der Waals surface area contributed by atoms with Crippen LogP contribution in [0.5, 0.6) is 0 Å². The first-order valence-electron chi connectivity index (χ1n) is 12.4. The second kappa shape index (κ2) is 9.45. The van der Waals surface area contributed by atoms with E-state index in [-0.39, 0.29) is 41.0 Å². The second-order valence-electron chi connectivity index (χ2n) is 12.0. The first kappa shape index (κ1) is 26.6. The Bertz CT molecular complexity index is 839. The maximum absolute atomic E-state index is 6.71. The summed E-state index contributed by atoms with van der Waals surface area (Å²) in [4.78, 5) is 1.17. The Hall–Kier alpha value is -0.453. The van der Waals surface area contributed by atoms with E-state index < -0.39 is 19.9 Å². The maximum Gasteiger partial charge on any atom is 0.192 e. The summed E-state index contributed by atoms with van der Waals surface area (Å²) < 4.78 is 38.8. The zero-order chi connectivity index (χ0) is 24.9. The van der Waals surface area contributed by atoms with Crippen molar-refractivity contribution in [3.63, 3.8) is 0 Å². The lowest BCUT2D eigenvalue weighted by atomic mass is 9.95. The van der Waals surface area contributed by atoms with Gasteiger partial charge in [0.1, 0.15) is 29.9 Å². The van der Waals surface area contributed by atoms with Gasteiger partial charge in [0, 0.05) is 11.3 Å². The minimum atomic E-state index is -1.95. The van der Waals surface area contributed by atoms with Crippen molar-refractivity contribution in [2.45, 2.75) is 125 Å². The van der Waals surface area contributed by atoms with Gasteiger partial charge in [-0.25, -0.2) is 0 Å². The van der Waals surface area contributed by atoms with Gasteiger partial charge in [-0.2, -0.15) is 0 Å².